The molecule has 0 unspecified atom stereocenters. The van der Waals surface area contributed by atoms with Crippen LogP contribution in [0, 0.1) is 35.0 Å². The molecule has 0 spiro atoms. The summed E-state index contributed by atoms with van der Waals surface area (Å²) in [6.07, 6.45) is -1.48. The van der Waals surface area contributed by atoms with Gasteiger partial charge in [-0.15, -0.1) is 0 Å². The molecule has 1 aliphatic heterocycles. The Hall–Kier alpha value is -4.16. The van der Waals surface area contributed by atoms with E-state index in [-0.39, 0.29) is 30.4 Å². The van der Waals surface area contributed by atoms with E-state index < -0.39 is 46.8 Å². The Morgan fingerprint density at radius 1 is 0.778 bits per heavy atom. The van der Waals surface area contributed by atoms with E-state index in [1.807, 2.05) is 68.6 Å². The van der Waals surface area contributed by atoms with Gasteiger partial charge in [-0.25, -0.2) is 22.0 Å². The normalized spacial score (nSPS) is 19.9. The number of carbonyl (C=O) groups is 1. The lowest BCUT2D eigenvalue weighted by Gasteiger charge is -2.42. The van der Waals surface area contributed by atoms with E-state index in [1.54, 1.807) is 12.1 Å². The van der Waals surface area contributed by atoms with Crippen LogP contribution in [0.2, 0.25) is 0 Å². The van der Waals surface area contributed by atoms with Crippen molar-refractivity contribution < 1.29 is 41.3 Å². The highest BCUT2D eigenvalue weighted by molar-refractivity contribution is 6.04. The summed E-state index contributed by atoms with van der Waals surface area (Å²) < 4.78 is 81.8. The van der Waals surface area contributed by atoms with Crippen LogP contribution in [0.5, 0.6) is 0 Å². The van der Waals surface area contributed by atoms with Gasteiger partial charge in [-0.2, -0.15) is 0 Å². The summed E-state index contributed by atoms with van der Waals surface area (Å²) >= 11 is 0. The molecule has 1 fully saturated rings. The number of amides is 1. The van der Waals surface area contributed by atoms with E-state index in [1.165, 1.54) is 12.1 Å². The lowest BCUT2D eigenvalue weighted by Crippen LogP contribution is -2.43. The lowest BCUT2D eigenvalue weighted by atomic mass is 9.90. The number of aliphatic hydroxyl groups is 1. The number of nitrogens with zero attached hydrogens (tertiary/aromatic N) is 1. The van der Waals surface area contributed by atoms with E-state index in [4.69, 9.17) is 9.47 Å². The summed E-state index contributed by atoms with van der Waals surface area (Å²) in [5, 5.41) is 11.7. The van der Waals surface area contributed by atoms with E-state index >= 15 is 0 Å². The second-order valence-corrected chi connectivity index (χ2v) is 11.0. The summed E-state index contributed by atoms with van der Waals surface area (Å²) in [6, 6.07) is 23.4. The molecule has 1 saturated heterocycles. The molecule has 5 rings (SSSR count). The largest absolute Gasteiger partial charge is 0.392 e. The number of anilines is 1. The Morgan fingerprint density at radius 2 is 1.36 bits per heavy atom. The highest BCUT2D eigenvalue weighted by atomic mass is 19.2. The van der Waals surface area contributed by atoms with Crippen LogP contribution in [-0.2, 0) is 22.6 Å². The Labute approximate surface area is 257 Å². The van der Waals surface area contributed by atoms with Gasteiger partial charge in [0.2, 0.25) is 5.82 Å². The van der Waals surface area contributed by atoms with Crippen molar-refractivity contribution in [1.82, 2.24) is 4.90 Å². The Balaban J connectivity index is 1.36. The fourth-order valence-electron chi connectivity index (χ4n) is 5.32. The van der Waals surface area contributed by atoms with Gasteiger partial charge in [-0.3, -0.25) is 9.69 Å². The molecule has 45 heavy (non-hydrogen) atoms. The average Bonchev–Trinajstić information content (AvgIpc) is 3.05. The SMILES string of the molecule is C[C@@H]1[C@H](CN(C)Cc2ccccc2)O[C@H](c2ccc(NC(=O)c3c(F)c(F)c(F)c(F)c3F)cc2)O[C@@H]1c1ccc(CO)cc1. The predicted octanol–water partition coefficient (Wildman–Crippen LogP) is 7.05. The molecule has 1 aliphatic rings. The first-order valence-corrected chi connectivity index (χ1v) is 14.2. The molecule has 0 radical (unpaired) electrons. The molecular weight excluding hydrogens is 595 g/mol. The third kappa shape index (κ3) is 7.07. The molecule has 6 nitrogen and oxygen atoms in total. The fraction of sp³-hybridized carbons (Fsp3) is 0.265. The zero-order chi connectivity index (χ0) is 32.2. The van der Waals surface area contributed by atoms with Gasteiger partial charge >= 0.3 is 0 Å². The fourth-order valence-corrected chi connectivity index (χ4v) is 5.32. The van der Waals surface area contributed by atoms with Gasteiger partial charge in [-0.05, 0) is 35.9 Å². The summed E-state index contributed by atoms with van der Waals surface area (Å²) in [7, 11) is 2.00. The second-order valence-electron chi connectivity index (χ2n) is 11.0. The molecule has 1 amide bonds. The minimum absolute atomic E-state index is 0.0483. The number of halogens is 5. The van der Waals surface area contributed by atoms with Crippen LogP contribution < -0.4 is 5.32 Å². The maximum Gasteiger partial charge on any atom is 0.261 e. The predicted molar refractivity (Wildman–Crippen MR) is 156 cm³/mol. The molecule has 0 aliphatic carbocycles. The van der Waals surface area contributed by atoms with Crippen molar-refractivity contribution in [2.24, 2.45) is 5.92 Å². The zero-order valence-corrected chi connectivity index (χ0v) is 24.4. The van der Waals surface area contributed by atoms with E-state index in [0.29, 0.717) is 18.7 Å². The molecule has 4 aromatic rings. The number of benzene rings is 4. The first-order valence-electron chi connectivity index (χ1n) is 14.2. The number of aliphatic hydroxyl groups excluding tert-OH is 1. The second kappa shape index (κ2) is 13.9. The van der Waals surface area contributed by atoms with Crippen molar-refractivity contribution in [2.45, 2.75) is 38.6 Å². The molecular formula is C34H31F5N2O4. The van der Waals surface area contributed by atoms with Crippen LogP contribution in [0.3, 0.4) is 0 Å². The highest BCUT2D eigenvalue weighted by Gasteiger charge is 2.39. The molecule has 0 bridgehead atoms. The van der Waals surface area contributed by atoms with Gasteiger partial charge in [0, 0.05) is 30.3 Å². The molecule has 0 saturated carbocycles. The number of hydrogen-bond acceptors (Lipinski definition) is 5. The molecule has 4 aromatic carbocycles. The van der Waals surface area contributed by atoms with Crippen LogP contribution in [0.4, 0.5) is 27.6 Å². The summed E-state index contributed by atoms with van der Waals surface area (Å²) in [4.78, 5) is 14.7. The van der Waals surface area contributed by atoms with E-state index in [0.717, 1.165) is 16.7 Å². The van der Waals surface area contributed by atoms with E-state index in [9.17, 15) is 31.9 Å². The number of nitrogens with one attached hydrogen (secondary N) is 1. The molecule has 11 heteroatoms. The van der Waals surface area contributed by atoms with Gasteiger partial charge in [0.15, 0.2) is 29.6 Å². The van der Waals surface area contributed by atoms with Crippen LogP contribution in [0.1, 0.15) is 51.9 Å². The maximum absolute atomic E-state index is 14.1. The minimum Gasteiger partial charge on any atom is -0.392 e. The standard InChI is InChI=1S/C34H31F5N2O4/c1-19-25(17-41(2)16-20-6-4-3-5-7-20)44-34(45-32(19)22-10-8-21(18-42)9-11-22)23-12-14-24(15-13-23)40-33(43)26-27(35)29(37)31(39)30(38)28(26)36/h3-15,19,25,32,34,42H,16-18H2,1-2H3,(H,40,43)/t19-,25+,32+,34+/m1/s1. The first-order chi connectivity index (χ1) is 21.6. The summed E-state index contributed by atoms with van der Waals surface area (Å²) in [5.41, 5.74) is 1.85. The van der Waals surface area contributed by atoms with Gasteiger partial charge in [-0.1, -0.05) is 73.7 Å². The summed E-state index contributed by atoms with van der Waals surface area (Å²) in [5.74, 6) is -12.8. The Morgan fingerprint density at radius 3 is 1.96 bits per heavy atom. The van der Waals surface area contributed by atoms with Gasteiger partial charge in [0.25, 0.3) is 5.91 Å². The molecule has 2 N–H and O–H groups in total. The monoisotopic (exact) mass is 626 g/mol. The Kier molecular flexibility index (Phi) is 9.93. The highest BCUT2D eigenvalue weighted by Crippen LogP contribution is 2.42. The topological polar surface area (TPSA) is 71.0 Å². The van der Waals surface area contributed by atoms with Crippen molar-refractivity contribution in [2.75, 3.05) is 18.9 Å². The number of carbonyl (C=O) groups excluding carboxylic acids is 1. The number of hydrogen-bond donors (Lipinski definition) is 2. The molecule has 4 atom stereocenters. The molecule has 236 valence electrons. The van der Waals surface area contributed by atoms with Crippen molar-refractivity contribution >= 4 is 11.6 Å². The third-order valence-electron chi connectivity index (χ3n) is 7.79. The van der Waals surface area contributed by atoms with Crippen molar-refractivity contribution in [3.8, 4) is 0 Å². The van der Waals surface area contributed by atoms with Gasteiger partial charge in [0.1, 0.15) is 5.56 Å². The molecule has 0 aromatic heterocycles. The van der Waals surface area contributed by atoms with Gasteiger partial charge < -0.3 is 19.9 Å². The quantitative estimate of drug-likeness (QED) is 0.118. The number of ether oxygens (including phenoxy) is 2. The van der Waals surface area contributed by atoms with Crippen molar-refractivity contribution in [1.29, 1.82) is 0 Å². The minimum atomic E-state index is -2.35. The smallest absolute Gasteiger partial charge is 0.261 e. The lowest BCUT2D eigenvalue weighted by molar-refractivity contribution is -0.276. The number of rotatable bonds is 9. The van der Waals surface area contributed by atoms with Crippen LogP contribution in [0.15, 0.2) is 78.9 Å². The van der Waals surface area contributed by atoms with Crippen molar-refractivity contribution in [3.63, 3.8) is 0 Å². The third-order valence-corrected chi connectivity index (χ3v) is 7.79. The van der Waals surface area contributed by atoms with Crippen LogP contribution in [0.25, 0.3) is 0 Å². The van der Waals surface area contributed by atoms with E-state index in [2.05, 4.69) is 10.2 Å². The van der Waals surface area contributed by atoms with Crippen LogP contribution >= 0.6 is 0 Å². The first kappa shape index (κ1) is 32.2. The average molecular weight is 627 g/mol. The van der Waals surface area contributed by atoms with Gasteiger partial charge in [0.05, 0.1) is 18.8 Å². The maximum atomic E-state index is 14.1. The Bertz CT molecular complexity index is 1610. The van der Waals surface area contributed by atoms with Crippen molar-refractivity contribution in [3.05, 3.63) is 136 Å². The number of likely N-dealkylation sites (N-methyl/N-ethyl adjacent to an activating group) is 1. The van der Waals surface area contributed by atoms with Crippen LogP contribution in [-0.4, -0.2) is 35.6 Å². The zero-order valence-electron chi connectivity index (χ0n) is 24.4. The molecule has 1 heterocycles. The summed E-state index contributed by atoms with van der Waals surface area (Å²) in [6.45, 7) is 3.23.